The summed E-state index contributed by atoms with van der Waals surface area (Å²) < 4.78 is 23.0. The SMILES string of the molecule is COC(=O)c1ccc2c(c1O)OC(C)(C)[C@@H]1CC3(CCN(C(=O)OC(C)(C)C)CC3)CO[C@@H]21. The molecule has 0 bridgehead atoms. The lowest BCUT2D eigenvalue weighted by Crippen LogP contribution is -2.55. The predicted octanol–water partition coefficient (Wildman–Crippen LogP) is 4.44. The number of fused-ring (bicyclic) bond motifs is 3. The largest absolute Gasteiger partial charge is 0.504 e. The summed E-state index contributed by atoms with van der Waals surface area (Å²) in [5, 5.41) is 10.7. The van der Waals surface area contributed by atoms with Crippen molar-refractivity contribution in [1.29, 1.82) is 0 Å². The van der Waals surface area contributed by atoms with E-state index in [0.29, 0.717) is 25.4 Å². The molecule has 0 unspecified atom stereocenters. The summed E-state index contributed by atoms with van der Waals surface area (Å²) in [6.45, 7) is 11.5. The fourth-order valence-electron chi connectivity index (χ4n) is 5.30. The normalized spacial score (nSPS) is 25.5. The molecular weight excluding hydrogens is 426 g/mol. The van der Waals surface area contributed by atoms with Gasteiger partial charge in [0, 0.05) is 24.6 Å². The molecule has 0 radical (unpaired) electrons. The Labute approximate surface area is 195 Å². The van der Waals surface area contributed by atoms with Gasteiger partial charge in [0.25, 0.3) is 0 Å². The number of amides is 1. The highest BCUT2D eigenvalue weighted by Crippen LogP contribution is 2.57. The van der Waals surface area contributed by atoms with Crippen molar-refractivity contribution >= 4 is 12.1 Å². The van der Waals surface area contributed by atoms with Crippen LogP contribution >= 0.6 is 0 Å². The van der Waals surface area contributed by atoms with E-state index in [-0.39, 0.29) is 34.8 Å². The Hall–Kier alpha value is -2.48. The van der Waals surface area contributed by atoms with Crippen molar-refractivity contribution in [2.45, 2.75) is 71.2 Å². The second-order valence-corrected chi connectivity index (χ2v) is 11.1. The molecule has 8 nitrogen and oxygen atoms in total. The minimum Gasteiger partial charge on any atom is -0.504 e. The van der Waals surface area contributed by atoms with Gasteiger partial charge in [0.2, 0.25) is 0 Å². The maximum Gasteiger partial charge on any atom is 0.410 e. The van der Waals surface area contributed by atoms with Crippen LogP contribution in [0, 0.1) is 11.3 Å². The number of hydrogen-bond donors (Lipinski definition) is 1. The molecule has 2 fully saturated rings. The molecule has 2 atom stereocenters. The molecule has 4 rings (SSSR count). The molecule has 1 spiro atoms. The minimum atomic E-state index is -0.612. The highest BCUT2D eigenvalue weighted by molar-refractivity contribution is 5.93. The summed E-state index contributed by atoms with van der Waals surface area (Å²) in [6, 6.07) is 3.35. The molecule has 3 aliphatic rings. The molecule has 3 aliphatic heterocycles. The van der Waals surface area contributed by atoms with Gasteiger partial charge >= 0.3 is 12.1 Å². The van der Waals surface area contributed by atoms with Gasteiger partial charge in [-0.15, -0.1) is 0 Å². The predicted molar refractivity (Wildman–Crippen MR) is 120 cm³/mol. The molecule has 1 N–H and O–H groups in total. The van der Waals surface area contributed by atoms with Gasteiger partial charge in [0.05, 0.1) is 19.8 Å². The number of hydrogen-bond acceptors (Lipinski definition) is 7. The number of piperidine rings is 1. The maximum atomic E-state index is 12.5. The zero-order valence-corrected chi connectivity index (χ0v) is 20.4. The van der Waals surface area contributed by atoms with Crippen LogP contribution in [0.3, 0.4) is 0 Å². The van der Waals surface area contributed by atoms with E-state index in [1.807, 2.05) is 34.6 Å². The van der Waals surface area contributed by atoms with Crippen molar-refractivity contribution in [3.63, 3.8) is 0 Å². The number of phenols is 1. The Morgan fingerprint density at radius 1 is 1.18 bits per heavy atom. The Morgan fingerprint density at radius 2 is 1.85 bits per heavy atom. The van der Waals surface area contributed by atoms with Gasteiger partial charge in [-0.3, -0.25) is 0 Å². The van der Waals surface area contributed by atoms with Gasteiger partial charge in [-0.25, -0.2) is 9.59 Å². The lowest BCUT2D eigenvalue weighted by Gasteiger charge is -2.54. The standard InChI is InChI=1S/C25H35NO7/c1-23(2,3)33-22(29)26-11-9-25(10-12-26)13-17-19(31-14-25)16-8-7-15(21(28)30-6)18(27)20(16)32-24(17,4)5/h7-8,17,19,27H,9-14H2,1-6H3/t17-,19+/m1/s1. The topological polar surface area (TPSA) is 94.5 Å². The van der Waals surface area contributed by atoms with Crippen molar-refractivity contribution in [2.75, 3.05) is 26.8 Å². The fourth-order valence-corrected chi connectivity index (χ4v) is 5.30. The van der Waals surface area contributed by atoms with Crippen molar-refractivity contribution in [3.8, 4) is 11.5 Å². The first-order chi connectivity index (χ1) is 15.4. The first-order valence-electron chi connectivity index (χ1n) is 11.6. The van der Waals surface area contributed by atoms with Crippen LogP contribution in [0.25, 0.3) is 0 Å². The number of carbonyl (C=O) groups excluding carboxylic acids is 2. The van der Waals surface area contributed by atoms with E-state index >= 15 is 0 Å². The van der Waals surface area contributed by atoms with Gasteiger partial charge in [0.15, 0.2) is 11.5 Å². The zero-order valence-electron chi connectivity index (χ0n) is 20.4. The van der Waals surface area contributed by atoms with Crippen LogP contribution in [-0.4, -0.2) is 60.1 Å². The third-order valence-electron chi connectivity index (χ3n) is 7.20. The van der Waals surface area contributed by atoms with E-state index in [0.717, 1.165) is 24.8 Å². The number of aromatic hydroxyl groups is 1. The van der Waals surface area contributed by atoms with Gasteiger partial charge < -0.3 is 29.0 Å². The van der Waals surface area contributed by atoms with Crippen LogP contribution in [0.2, 0.25) is 0 Å². The molecular formula is C25H35NO7. The second-order valence-electron chi connectivity index (χ2n) is 11.1. The highest BCUT2D eigenvalue weighted by atomic mass is 16.6. The van der Waals surface area contributed by atoms with Crippen molar-refractivity contribution in [3.05, 3.63) is 23.3 Å². The van der Waals surface area contributed by atoms with Crippen molar-refractivity contribution in [1.82, 2.24) is 4.90 Å². The third kappa shape index (κ3) is 4.37. The van der Waals surface area contributed by atoms with E-state index in [2.05, 4.69) is 0 Å². The summed E-state index contributed by atoms with van der Waals surface area (Å²) >= 11 is 0. The monoisotopic (exact) mass is 461 g/mol. The zero-order chi connectivity index (χ0) is 24.2. The summed E-state index contributed by atoms with van der Waals surface area (Å²) in [4.78, 5) is 26.3. The Balaban J connectivity index is 1.52. The van der Waals surface area contributed by atoms with E-state index in [4.69, 9.17) is 18.9 Å². The number of phenolic OH excluding ortho intramolecular Hbond substituents is 1. The number of carbonyl (C=O) groups is 2. The second kappa shape index (κ2) is 8.08. The number of likely N-dealkylation sites (tertiary alicyclic amines) is 1. The average molecular weight is 462 g/mol. The molecule has 182 valence electrons. The quantitative estimate of drug-likeness (QED) is 0.618. The lowest BCUT2D eigenvalue weighted by molar-refractivity contribution is -0.174. The fraction of sp³-hybridized carbons (Fsp3) is 0.680. The van der Waals surface area contributed by atoms with Crippen LogP contribution in [0.1, 0.15) is 75.9 Å². The summed E-state index contributed by atoms with van der Waals surface area (Å²) in [5.74, 6) is -0.463. The number of esters is 1. The summed E-state index contributed by atoms with van der Waals surface area (Å²) in [5.41, 5.74) is -0.326. The Bertz CT molecular complexity index is 941. The van der Waals surface area contributed by atoms with Gasteiger partial charge in [-0.1, -0.05) is 6.07 Å². The van der Waals surface area contributed by atoms with Crippen LogP contribution in [0.4, 0.5) is 4.79 Å². The average Bonchev–Trinajstić information content (AvgIpc) is 2.73. The molecule has 2 saturated heterocycles. The number of rotatable bonds is 1. The van der Waals surface area contributed by atoms with Gasteiger partial charge in [0.1, 0.15) is 16.8 Å². The number of nitrogens with zero attached hydrogens (tertiary/aromatic N) is 1. The minimum absolute atomic E-state index is 0.0359. The smallest absolute Gasteiger partial charge is 0.410 e. The van der Waals surface area contributed by atoms with E-state index < -0.39 is 17.2 Å². The van der Waals surface area contributed by atoms with E-state index in [1.54, 1.807) is 17.0 Å². The summed E-state index contributed by atoms with van der Waals surface area (Å²) in [6.07, 6.45) is 2.07. The van der Waals surface area contributed by atoms with Crippen LogP contribution in [0.5, 0.6) is 11.5 Å². The lowest BCUT2D eigenvalue weighted by atomic mass is 9.64. The Morgan fingerprint density at radius 3 is 2.45 bits per heavy atom. The first kappa shape index (κ1) is 23.7. The van der Waals surface area contributed by atoms with Gasteiger partial charge in [-0.2, -0.15) is 0 Å². The molecule has 33 heavy (non-hydrogen) atoms. The van der Waals surface area contributed by atoms with E-state index in [1.165, 1.54) is 7.11 Å². The molecule has 1 aromatic rings. The van der Waals surface area contributed by atoms with Crippen molar-refractivity contribution < 1.29 is 33.6 Å². The molecule has 1 amide bonds. The number of benzene rings is 1. The molecule has 8 heteroatoms. The van der Waals surface area contributed by atoms with Crippen LogP contribution < -0.4 is 4.74 Å². The molecule has 1 aromatic carbocycles. The van der Waals surface area contributed by atoms with Crippen LogP contribution in [-0.2, 0) is 14.2 Å². The Kier molecular flexibility index (Phi) is 5.79. The number of methoxy groups -OCH3 is 1. The molecule has 0 saturated carbocycles. The number of ether oxygens (including phenoxy) is 4. The van der Waals surface area contributed by atoms with Crippen molar-refractivity contribution in [2.24, 2.45) is 11.3 Å². The highest BCUT2D eigenvalue weighted by Gasteiger charge is 2.53. The van der Waals surface area contributed by atoms with Gasteiger partial charge in [-0.05, 0) is 65.4 Å². The molecule has 0 aliphatic carbocycles. The summed E-state index contributed by atoms with van der Waals surface area (Å²) in [7, 11) is 1.28. The maximum absolute atomic E-state index is 12.5. The van der Waals surface area contributed by atoms with Crippen LogP contribution in [0.15, 0.2) is 12.1 Å². The third-order valence-corrected chi connectivity index (χ3v) is 7.20. The van der Waals surface area contributed by atoms with E-state index in [9.17, 15) is 14.7 Å². The molecule has 3 heterocycles. The first-order valence-corrected chi connectivity index (χ1v) is 11.6. The molecule has 0 aromatic heterocycles.